The molecule has 112 valence electrons. The van der Waals surface area contributed by atoms with Crippen LogP contribution in [0.25, 0.3) is 11.0 Å². The summed E-state index contributed by atoms with van der Waals surface area (Å²) in [7, 11) is 0. The Morgan fingerprint density at radius 3 is 2.52 bits per heavy atom. The van der Waals surface area contributed by atoms with E-state index in [1.54, 1.807) is 6.07 Å². The van der Waals surface area contributed by atoms with Crippen molar-refractivity contribution in [3.63, 3.8) is 0 Å². The lowest BCUT2D eigenvalue weighted by Gasteiger charge is -2.21. The zero-order valence-electron chi connectivity index (χ0n) is 12.4. The maximum absolute atomic E-state index is 12.6. The second kappa shape index (κ2) is 5.99. The van der Waals surface area contributed by atoms with Gasteiger partial charge in [0.15, 0.2) is 5.76 Å². The van der Waals surface area contributed by atoms with Crippen LogP contribution >= 0.6 is 0 Å². The number of hydrogen-bond donors (Lipinski definition) is 1. The highest BCUT2D eigenvalue weighted by atomic mass is 16.4. The van der Waals surface area contributed by atoms with Crippen LogP contribution < -0.4 is 0 Å². The molecule has 1 N–H and O–H groups in total. The fraction of sp³-hybridized carbons (Fsp3) is 0.375. The minimum atomic E-state index is -1.03. The second-order valence-corrected chi connectivity index (χ2v) is 5.53. The number of nitrogens with zero attached hydrogens (tertiary/aromatic N) is 1. The van der Waals surface area contributed by atoms with Crippen LogP contribution in [-0.2, 0) is 4.79 Å². The van der Waals surface area contributed by atoms with Gasteiger partial charge in [-0.25, -0.2) is 0 Å². The molecule has 0 aliphatic heterocycles. The van der Waals surface area contributed by atoms with Crippen LogP contribution in [-0.4, -0.2) is 35.0 Å². The number of carboxylic acids is 1. The second-order valence-electron chi connectivity index (χ2n) is 5.53. The Balaban J connectivity index is 2.38. The van der Waals surface area contributed by atoms with Gasteiger partial charge in [-0.05, 0) is 18.9 Å². The Labute approximate surface area is 123 Å². The molecule has 0 fully saturated rings. The Bertz CT molecular complexity index is 672. The van der Waals surface area contributed by atoms with Gasteiger partial charge >= 0.3 is 5.97 Å². The number of aryl methyl sites for hydroxylation is 1. The Morgan fingerprint density at radius 1 is 1.29 bits per heavy atom. The van der Waals surface area contributed by atoms with Crippen molar-refractivity contribution >= 4 is 22.8 Å². The summed E-state index contributed by atoms with van der Waals surface area (Å²) in [6, 6.07) is 7.39. The monoisotopic (exact) mass is 289 g/mol. The van der Waals surface area contributed by atoms with E-state index in [0.29, 0.717) is 12.1 Å². The average molecular weight is 289 g/mol. The predicted molar refractivity (Wildman–Crippen MR) is 79.3 cm³/mol. The van der Waals surface area contributed by atoms with Crippen molar-refractivity contribution in [3.05, 3.63) is 35.6 Å². The van der Waals surface area contributed by atoms with Crippen LogP contribution in [0.1, 0.15) is 30.0 Å². The van der Waals surface area contributed by atoms with E-state index in [0.717, 1.165) is 10.9 Å². The molecule has 0 spiro atoms. The van der Waals surface area contributed by atoms with Crippen LogP contribution in [0, 0.1) is 12.8 Å². The van der Waals surface area contributed by atoms with E-state index >= 15 is 0 Å². The summed E-state index contributed by atoms with van der Waals surface area (Å²) in [5, 5.41) is 9.85. The molecular formula is C16H19NO4. The Kier molecular flexibility index (Phi) is 4.31. The van der Waals surface area contributed by atoms with Crippen molar-refractivity contribution in [1.82, 2.24) is 4.90 Å². The molecule has 0 unspecified atom stereocenters. The highest BCUT2D eigenvalue weighted by molar-refractivity contribution is 5.99. The highest BCUT2D eigenvalue weighted by Gasteiger charge is 2.25. The number of carbonyl (C=O) groups excluding carboxylic acids is 1. The Morgan fingerprint density at radius 2 is 1.95 bits per heavy atom. The first-order chi connectivity index (χ1) is 9.90. The zero-order chi connectivity index (χ0) is 15.6. The first-order valence-electron chi connectivity index (χ1n) is 6.89. The summed E-state index contributed by atoms with van der Waals surface area (Å²) in [4.78, 5) is 24.9. The van der Waals surface area contributed by atoms with E-state index in [4.69, 9.17) is 9.52 Å². The third-order valence-corrected chi connectivity index (χ3v) is 3.24. The minimum absolute atomic E-state index is 0.179. The molecule has 5 heteroatoms. The number of fused-ring (bicyclic) bond motifs is 1. The third kappa shape index (κ3) is 3.24. The van der Waals surface area contributed by atoms with Gasteiger partial charge in [-0.3, -0.25) is 9.59 Å². The van der Waals surface area contributed by atoms with Gasteiger partial charge in [0.25, 0.3) is 5.91 Å². The molecule has 0 saturated carbocycles. The van der Waals surface area contributed by atoms with Gasteiger partial charge in [0.2, 0.25) is 0 Å². The molecule has 0 aliphatic rings. The van der Waals surface area contributed by atoms with Crippen molar-refractivity contribution in [2.45, 2.75) is 20.8 Å². The summed E-state index contributed by atoms with van der Waals surface area (Å²) in [5.74, 6) is -1.01. The zero-order valence-corrected chi connectivity index (χ0v) is 12.4. The van der Waals surface area contributed by atoms with Gasteiger partial charge in [0.05, 0.1) is 0 Å². The molecule has 1 amide bonds. The molecule has 5 nitrogen and oxygen atoms in total. The van der Waals surface area contributed by atoms with E-state index in [9.17, 15) is 9.59 Å². The van der Waals surface area contributed by atoms with E-state index in [1.807, 2.05) is 39.0 Å². The standard InChI is InChI=1S/C16H19NO4/c1-10(2)8-17(9-14(18)19)16(20)15-11(3)12-6-4-5-7-13(12)21-15/h4-7,10H,8-9H2,1-3H3,(H,18,19). The van der Waals surface area contributed by atoms with Crippen LogP contribution in [0.4, 0.5) is 0 Å². The van der Waals surface area contributed by atoms with Crippen LogP contribution in [0.3, 0.4) is 0 Å². The molecule has 1 aromatic carbocycles. The molecule has 0 atom stereocenters. The fourth-order valence-electron chi connectivity index (χ4n) is 2.35. The molecule has 2 rings (SSSR count). The molecule has 0 aliphatic carbocycles. The van der Waals surface area contributed by atoms with Gasteiger partial charge in [-0.15, -0.1) is 0 Å². The first-order valence-corrected chi connectivity index (χ1v) is 6.89. The number of furan rings is 1. The average Bonchev–Trinajstić information content (AvgIpc) is 2.74. The molecule has 2 aromatic rings. The lowest BCUT2D eigenvalue weighted by molar-refractivity contribution is -0.137. The third-order valence-electron chi connectivity index (χ3n) is 3.24. The fourth-order valence-corrected chi connectivity index (χ4v) is 2.35. The Hall–Kier alpha value is -2.30. The molecule has 0 radical (unpaired) electrons. The summed E-state index contributed by atoms with van der Waals surface area (Å²) in [6.07, 6.45) is 0. The predicted octanol–water partition coefficient (Wildman–Crippen LogP) is 2.92. The van der Waals surface area contributed by atoms with Crippen molar-refractivity contribution in [3.8, 4) is 0 Å². The lowest BCUT2D eigenvalue weighted by atomic mass is 10.1. The minimum Gasteiger partial charge on any atom is -0.480 e. The topological polar surface area (TPSA) is 70.8 Å². The van der Waals surface area contributed by atoms with E-state index in [1.165, 1.54) is 4.90 Å². The first kappa shape index (κ1) is 15.1. The number of amides is 1. The van der Waals surface area contributed by atoms with Gasteiger partial charge in [0.1, 0.15) is 12.1 Å². The maximum Gasteiger partial charge on any atom is 0.323 e. The highest BCUT2D eigenvalue weighted by Crippen LogP contribution is 2.26. The van der Waals surface area contributed by atoms with Crippen molar-refractivity contribution < 1.29 is 19.1 Å². The summed E-state index contributed by atoms with van der Waals surface area (Å²) in [6.45, 7) is 5.74. The van der Waals surface area contributed by atoms with E-state index < -0.39 is 5.97 Å². The largest absolute Gasteiger partial charge is 0.480 e. The normalized spacial score (nSPS) is 11.0. The SMILES string of the molecule is Cc1c(C(=O)N(CC(=O)O)CC(C)C)oc2ccccc12. The van der Waals surface area contributed by atoms with Gasteiger partial charge in [-0.2, -0.15) is 0 Å². The number of rotatable bonds is 5. The molecule has 0 saturated heterocycles. The van der Waals surface area contributed by atoms with Gasteiger partial charge in [-0.1, -0.05) is 32.0 Å². The van der Waals surface area contributed by atoms with Crippen molar-refractivity contribution in [2.75, 3.05) is 13.1 Å². The maximum atomic E-state index is 12.6. The number of carbonyl (C=O) groups is 2. The summed E-state index contributed by atoms with van der Waals surface area (Å²) in [5.41, 5.74) is 1.38. The van der Waals surface area contributed by atoms with Crippen molar-refractivity contribution in [2.24, 2.45) is 5.92 Å². The number of benzene rings is 1. The van der Waals surface area contributed by atoms with Crippen LogP contribution in [0.5, 0.6) is 0 Å². The van der Waals surface area contributed by atoms with E-state index in [-0.39, 0.29) is 24.1 Å². The number of hydrogen-bond acceptors (Lipinski definition) is 3. The van der Waals surface area contributed by atoms with Gasteiger partial charge < -0.3 is 14.4 Å². The summed E-state index contributed by atoms with van der Waals surface area (Å²) >= 11 is 0. The van der Waals surface area contributed by atoms with Gasteiger partial charge in [0, 0.05) is 17.5 Å². The molecule has 1 aromatic heterocycles. The number of para-hydroxylation sites is 1. The van der Waals surface area contributed by atoms with E-state index in [2.05, 4.69) is 0 Å². The van der Waals surface area contributed by atoms with Crippen LogP contribution in [0.15, 0.2) is 28.7 Å². The lowest BCUT2D eigenvalue weighted by Crippen LogP contribution is -2.38. The van der Waals surface area contributed by atoms with Crippen molar-refractivity contribution in [1.29, 1.82) is 0 Å². The molecule has 1 heterocycles. The number of aliphatic carboxylic acids is 1. The molecule has 21 heavy (non-hydrogen) atoms. The van der Waals surface area contributed by atoms with Crippen LogP contribution in [0.2, 0.25) is 0 Å². The molecular weight excluding hydrogens is 270 g/mol. The smallest absolute Gasteiger partial charge is 0.323 e. The number of carboxylic acid groups (broad SMARTS) is 1. The molecule has 0 bridgehead atoms. The quantitative estimate of drug-likeness (QED) is 0.918. The summed E-state index contributed by atoms with van der Waals surface area (Å²) < 4.78 is 5.62.